The Bertz CT molecular complexity index is 68.9. The fourth-order valence-electron chi connectivity index (χ4n) is 0.338. The minimum atomic E-state index is 0.855. The summed E-state index contributed by atoms with van der Waals surface area (Å²) in [4.78, 5) is 0. The topological polar surface area (TPSA) is 24.1 Å². The van der Waals surface area contributed by atoms with Gasteiger partial charge in [0.05, 0.1) is 0 Å². The van der Waals surface area contributed by atoms with Gasteiger partial charge in [0, 0.05) is 13.1 Å². The number of nitrogens with one attached hydrogen (secondary N) is 2. The fraction of sp³-hybridized carbons (Fsp3) is 0.667. The van der Waals surface area contributed by atoms with Crippen molar-refractivity contribution in [1.82, 2.24) is 10.9 Å². The lowest BCUT2D eigenvalue weighted by atomic mass is 10.4. The van der Waals surface area contributed by atoms with Crippen LogP contribution in [0, 0.1) is 0 Å². The monoisotopic (exact) mass is 114 g/mol. The van der Waals surface area contributed by atoms with Crippen LogP contribution in [0.1, 0.15) is 13.8 Å². The minimum absolute atomic E-state index is 0.855. The summed E-state index contributed by atoms with van der Waals surface area (Å²) in [5, 5.41) is 0. The number of hydrogen-bond donors (Lipinski definition) is 2. The zero-order chi connectivity index (χ0) is 6.41. The molecule has 0 aliphatic rings. The van der Waals surface area contributed by atoms with Crippen molar-refractivity contribution in [2.75, 3.05) is 13.1 Å². The summed E-state index contributed by atoms with van der Waals surface area (Å²) >= 11 is 0. The lowest BCUT2D eigenvalue weighted by Crippen LogP contribution is -2.32. The highest BCUT2D eigenvalue weighted by Crippen LogP contribution is 1.77. The highest BCUT2D eigenvalue weighted by atomic mass is 15.3. The van der Waals surface area contributed by atoms with E-state index in [1.807, 2.05) is 13.8 Å². The first-order valence-electron chi connectivity index (χ1n) is 2.87. The summed E-state index contributed by atoms with van der Waals surface area (Å²) in [6, 6.07) is 0. The number of rotatable bonds is 4. The maximum atomic E-state index is 3.72. The third kappa shape index (κ3) is 5.66. The lowest BCUT2D eigenvalue weighted by molar-refractivity contribution is 0.581. The van der Waals surface area contributed by atoms with Gasteiger partial charge in [0.25, 0.3) is 0 Å². The first kappa shape index (κ1) is 7.66. The first-order valence-corrected chi connectivity index (χ1v) is 2.87. The predicted octanol–water partition coefficient (Wildman–Crippen LogP) is 0.677. The van der Waals surface area contributed by atoms with Gasteiger partial charge in [0.15, 0.2) is 0 Å². The molecule has 0 rings (SSSR count). The third-order valence-electron chi connectivity index (χ3n) is 0.692. The van der Waals surface area contributed by atoms with Crippen LogP contribution in [0.25, 0.3) is 0 Å². The Labute approximate surface area is 50.9 Å². The maximum absolute atomic E-state index is 3.72. The molecule has 0 aromatic carbocycles. The van der Waals surface area contributed by atoms with Crippen molar-refractivity contribution >= 4 is 0 Å². The smallest absolute Gasteiger partial charge is 0.0305 e. The Balaban J connectivity index is 2.82. The molecule has 2 nitrogen and oxygen atoms in total. The molecule has 8 heavy (non-hydrogen) atoms. The van der Waals surface area contributed by atoms with Crippen LogP contribution in [0.4, 0.5) is 0 Å². The van der Waals surface area contributed by atoms with Gasteiger partial charge >= 0.3 is 0 Å². The minimum Gasteiger partial charge on any atom is -0.258 e. The quantitative estimate of drug-likeness (QED) is 0.319. The van der Waals surface area contributed by atoms with Gasteiger partial charge in [-0.2, -0.15) is 0 Å². The summed E-state index contributed by atoms with van der Waals surface area (Å²) < 4.78 is 0. The van der Waals surface area contributed by atoms with E-state index in [2.05, 4.69) is 17.4 Å². The standard InChI is InChI=1S/C6H14N2/c1-4-7-8-5-6(2)3/h7-8H,2,4-5H2,1,3H3. The highest BCUT2D eigenvalue weighted by molar-refractivity contribution is 4.89. The van der Waals surface area contributed by atoms with E-state index in [9.17, 15) is 0 Å². The van der Waals surface area contributed by atoms with Gasteiger partial charge in [-0.1, -0.05) is 19.1 Å². The lowest BCUT2D eigenvalue weighted by Gasteiger charge is -2.01. The molecule has 0 fully saturated rings. The van der Waals surface area contributed by atoms with Crippen LogP contribution in [-0.4, -0.2) is 13.1 Å². The summed E-state index contributed by atoms with van der Waals surface area (Å²) in [5.74, 6) is 0. The van der Waals surface area contributed by atoms with E-state index in [-0.39, 0.29) is 0 Å². The van der Waals surface area contributed by atoms with Crippen LogP contribution in [0.2, 0.25) is 0 Å². The molecule has 0 saturated carbocycles. The van der Waals surface area contributed by atoms with Crippen LogP contribution in [0.3, 0.4) is 0 Å². The van der Waals surface area contributed by atoms with Gasteiger partial charge in [0.1, 0.15) is 0 Å². The Kier molecular flexibility index (Phi) is 4.61. The molecule has 0 aliphatic heterocycles. The van der Waals surface area contributed by atoms with Gasteiger partial charge in [0.2, 0.25) is 0 Å². The summed E-state index contributed by atoms with van der Waals surface area (Å²) in [7, 11) is 0. The van der Waals surface area contributed by atoms with Gasteiger partial charge in [-0.05, 0) is 6.92 Å². The second-order valence-electron chi connectivity index (χ2n) is 1.84. The molecule has 0 heterocycles. The Morgan fingerprint density at radius 3 is 2.50 bits per heavy atom. The van der Waals surface area contributed by atoms with E-state index in [1.165, 1.54) is 0 Å². The molecule has 0 atom stereocenters. The van der Waals surface area contributed by atoms with Crippen molar-refractivity contribution in [3.63, 3.8) is 0 Å². The zero-order valence-corrected chi connectivity index (χ0v) is 5.62. The summed E-state index contributed by atoms with van der Waals surface area (Å²) in [6.45, 7) is 9.57. The van der Waals surface area contributed by atoms with Crippen molar-refractivity contribution in [2.45, 2.75) is 13.8 Å². The molecule has 0 aromatic heterocycles. The molecule has 0 bridgehead atoms. The molecule has 0 amide bonds. The molecule has 2 heteroatoms. The summed E-state index contributed by atoms with van der Waals surface area (Å²) in [6.07, 6.45) is 0. The van der Waals surface area contributed by atoms with Crippen LogP contribution in [0.15, 0.2) is 12.2 Å². The van der Waals surface area contributed by atoms with Crippen molar-refractivity contribution in [2.24, 2.45) is 0 Å². The molecule has 0 spiro atoms. The van der Waals surface area contributed by atoms with Crippen molar-refractivity contribution < 1.29 is 0 Å². The SMILES string of the molecule is C=C(C)CNNCC. The van der Waals surface area contributed by atoms with E-state index in [0.29, 0.717) is 0 Å². The fourth-order valence-corrected chi connectivity index (χ4v) is 0.338. The molecule has 0 unspecified atom stereocenters. The predicted molar refractivity (Wildman–Crippen MR) is 36.5 cm³/mol. The van der Waals surface area contributed by atoms with Crippen LogP contribution in [-0.2, 0) is 0 Å². The first-order chi connectivity index (χ1) is 3.77. The zero-order valence-electron chi connectivity index (χ0n) is 5.62. The van der Waals surface area contributed by atoms with Crippen molar-refractivity contribution in [3.05, 3.63) is 12.2 Å². The number of hydrogen-bond acceptors (Lipinski definition) is 2. The average Bonchev–Trinajstić information content (AvgIpc) is 1.66. The second-order valence-corrected chi connectivity index (χ2v) is 1.84. The van der Waals surface area contributed by atoms with Crippen LogP contribution < -0.4 is 10.9 Å². The van der Waals surface area contributed by atoms with Gasteiger partial charge < -0.3 is 0 Å². The molecule has 2 N–H and O–H groups in total. The Morgan fingerprint density at radius 2 is 2.12 bits per heavy atom. The molecule has 0 aromatic rings. The molecule has 0 saturated heterocycles. The maximum Gasteiger partial charge on any atom is 0.0305 e. The van der Waals surface area contributed by atoms with Crippen LogP contribution in [0.5, 0.6) is 0 Å². The van der Waals surface area contributed by atoms with E-state index in [0.717, 1.165) is 18.7 Å². The average molecular weight is 114 g/mol. The van der Waals surface area contributed by atoms with Gasteiger partial charge in [-0.15, -0.1) is 0 Å². The van der Waals surface area contributed by atoms with E-state index in [1.54, 1.807) is 0 Å². The second kappa shape index (κ2) is 4.81. The summed E-state index contributed by atoms with van der Waals surface area (Å²) in [5.41, 5.74) is 7.10. The van der Waals surface area contributed by atoms with Gasteiger partial charge in [-0.25, -0.2) is 0 Å². The van der Waals surface area contributed by atoms with E-state index < -0.39 is 0 Å². The Morgan fingerprint density at radius 1 is 1.50 bits per heavy atom. The molecule has 0 aliphatic carbocycles. The molecular weight excluding hydrogens is 100 g/mol. The Hall–Kier alpha value is -0.340. The molecular formula is C6H14N2. The largest absolute Gasteiger partial charge is 0.258 e. The molecule has 0 radical (unpaired) electrons. The van der Waals surface area contributed by atoms with Gasteiger partial charge in [-0.3, -0.25) is 10.9 Å². The molecule has 48 valence electrons. The van der Waals surface area contributed by atoms with Crippen molar-refractivity contribution in [3.8, 4) is 0 Å². The normalized spacial score (nSPS) is 9.25. The highest BCUT2D eigenvalue weighted by Gasteiger charge is 1.80. The van der Waals surface area contributed by atoms with Crippen LogP contribution >= 0.6 is 0 Å². The van der Waals surface area contributed by atoms with E-state index >= 15 is 0 Å². The number of hydrazine groups is 1. The van der Waals surface area contributed by atoms with Crippen molar-refractivity contribution in [1.29, 1.82) is 0 Å². The third-order valence-corrected chi connectivity index (χ3v) is 0.692. The van der Waals surface area contributed by atoms with E-state index in [4.69, 9.17) is 0 Å².